The number of ether oxygens (including phenoxy) is 5. The molecule has 0 aromatic heterocycles. The molecule has 0 amide bonds. The molecule has 0 saturated heterocycles. The van der Waals surface area contributed by atoms with Crippen molar-refractivity contribution in [1.29, 1.82) is 0 Å². The lowest BCUT2D eigenvalue weighted by molar-refractivity contribution is -0.170. The molecule has 43 heavy (non-hydrogen) atoms. The Morgan fingerprint density at radius 2 is 0.605 bits per heavy atom. The Bertz CT molecular complexity index is 596. The Morgan fingerprint density at radius 1 is 0.372 bits per heavy atom. The van der Waals surface area contributed by atoms with Crippen molar-refractivity contribution in [2.45, 2.75) is 168 Å². The third-order valence-electron chi connectivity index (χ3n) is 7.04. The van der Waals surface area contributed by atoms with Gasteiger partial charge in [-0.3, -0.25) is 19.2 Å². The largest absolute Gasteiger partial charge is 0.463 e. The van der Waals surface area contributed by atoms with Crippen LogP contribution in [0.4, 0.5) is 0 Å². The number of esters is 4. The second-order valence-electron chi connectivity index (χ2n) is 11.4. The average molecular weight is 615 g/mol. The van der Waals surface area contributed by atoms with Gasteiger partial charge in [0.05, 0.1) is 0 Å². The van der Waals surface area contributed by atoms with E-state index in [1.165, 1.54) is 0 Å². The van der Waals surface area contributed by atoms with Gasteiger partial charge in [-0.1, -0.05) is 105 Å². The fraction of sp³-hybridized carbons (Fsp3) is 0.882. The number of unbranched alkanes of at least 4 members (excludes halogenated alkanes) is 12. The molecule has 0 radical (unpaired) electrons. The topological polar surface area (TPSA) is 114 Å². The molecule has 9 heteroatoms. The second kappa shape index (κ2) is 29.9. The number of rotatable bonds is 30. The molecule has 0 unspecified atom stereocenters. The molecule has 0 spiro atoms. The van der Waals surface area contributed by atoms with Gasteiger partial charge < -0.3 is 23.7 Å². The van der Waals surface area contributed by atoms with Crippen molar-refractivity contribution < 1.29 is 42.9 Å². The minimum Gasteiger partial charge on any atom is -0.463 e. The van der Waals surface area contributed by atoms with Gasteiger partial charge in [-0.2, -0.15) is 0 Å². The summed E-state index contributed by atoms with van der Waals surface area (Å²) in [4.78, 5) is 49.3. The molecule has 0 N–H and O–H groups in total. The summed E-state index contributed by atoms with van der Waals surface area (Å²) in [5.41, 5.74) is 0. The molecule has 0 aliphatic rings. The fourth-order valence-electron chi connectivity index (χ4n) is 4.34. The highest BCUT2D eigenvalue weighted by Crippen LogP contribution is 2.11. The minimum absolute atomic E-state index is 0.123. The molecule has 9 nitrogen and oxygen atoms in total. The molecule has 0 aliphatic carbocycles. The van der Waals surface area contributed by atoms with E-state index in [-0.39, 0.29) is 50.3 Å². The molecule has 0 aliphatic heterocycles. The SMILES string of the molecule is CCCCCCC(=O)OCC(COC(=O)CCCCCC)OC(COC(=O)CCCCCC)COC(=O)CCCCCC. The van der Waals surface area contributed by atoms with E-state index < -0.39 is 12.2 Å². The third kappa shape index (κ3) is 27.1. The zero-order chi connectivity index (χ0) is 32.0. The predicted octanol–water partition coefficient (Wildman–Crippen LogP) is 7.79. The third-order valence-corrected chi connectivity index (χ3v) is 7.04. The van der Waals surface area contributed by atoms with E-state index in [9.17, 15) is 19.2 Å². The van der Waals surface area contributed by atoms with Gasteiger partial charge in [-0.15, -0.1) is 0 Å². The first-order valence-corrected chi connectivity index (χ1v) is 17.1. The quantitative estimate of drug-likeness (QED) is 0.0454. The first kappa shape index (κ1) is 40.8. The van der Waals surface area contributed by atoms with Gasteiger partial charge in [0, 0.05) is 25.7 Å². The highest BCUT2D eigenvalue weighted by Gasteiger charge is 2.23. The summed E-state index contributed by atoms with van der Waals surface area (Å²) in [5.74, 6) is -1.37. The minimum atomic E-state index is -0.796. The lowest BCUT2D eigenvalue weighted by Crippen LogP contribution is -2.37. The summed E-state index contributed by atoms with van der Waals surface area (Å²) in [6.45, 7) is 7.93. The molecular formula is C34H62O9. The summed E-state index contributed by atoms with van der Waals surface area (Å²) in [5, 5.41) is 0. The van der Waals surface area contributed by atoms with E-state index in [0.717, 1.165) is 103 Å². The Kier molecular flexibility index (Phi) is 28.4. The zero-order valence-corrected chi connectivity index (χ0v) is 27.8. The maximum atomic E-state index is 12.3. The van der Waals surface area contributed by atoms with Crippen molar-refractivity contribution in [2.24, 2.45) is 0 Å². The first-order valence-electron chi connectivity index (χ1n) is 17.1. The van der Waals surface area contributed by atoms with Crippen LogP contribution in [0.3, 0.4) is 0 Å². The Balaban J connectivity index is 5.23. The van der Waals surface area contributed by atoms with Crippen molar-refractivity contribution in [2.75, 3.05) is 26.4 Å². The summed E-state index contributed by atoms with van der Waals surface area (Å²) in [6, 6.07) is 0. The molecular weight excluding hydrogens is 552 g/mol. The molecule has 0 aromatic carbocycles. The Hall–Kier alpha value is -2.16. The van der Waals surface area contributed by atoms with Gasteiger partial charge in [0.2, 0.25) is 0 Å². The van der Waals surface area contributed by atoms with Crippen molar-refractivity contribution in [3.05, 3.63) is 0 Å². The van der Waals surface area contributed by atoms with Crippen LogP contribution in [-0.4, -0.2) is 62.5 Å². The summed E-state index contributed by atoms with van der Waals surface area (Å²) >= 11 is 0. The van der Waals surface area contributed by atoms with Gasteiger partial charge in [0.1, 0.15) is 38.6 Å². The van der Waals surface area contributed by atoms with E-state index in [1.807, 2.05) is 0 Å². The predicted molar refractivity (Wildman–Crippen MR) is 168 cm³/mol. The average Bonchev–Trinajstić information content (AvgIpc) is 3.00. The monoisotopic (exact) mass is 614 g/mol. The summed E-state index contributed by atoms with van der Waals surface area (Å²) in [7, 11) is 0. The van der Waals surface area contributed by atoms with E-state index >= 15 is 0 Å². The van der Waals surface area contributed by atoms with Crippen LogP contribution in [0.25, 0.3) is 0 Å². The molecule has 0 heterocycles. The van der Waals surface area contributed by atoms with Gasteiger partial charge in [-0.25, -0.2) is 0 Å². The summed E-state index contributed by atoms with van der Waals surface area (Å²) < 4.78 is 28.0. The maximum Gasteiger partial charge on any atom is 0.305 e. The lowest BCUT2D eigenvalue weighted by atomic mass is 10.1. The van der Waals surface area contributed by atoms with Crippen LogP contribution >= 0.6 is 0 Å². The second-order valence-corrected chi connectivity index (χ2v) is 11.4. The number of hydrogen-bond acceptors (Lipinski definition) is 9. The van der Waals surface area contributed by atoms with Gasteiger partial charge in [0.25, 0.3) is 0 Å². The van der Waals surface area contributed by atoms with Crippen LogP contribution in [0.2, 0.25) is 0 Å². The van der Waals surface area contributed by atoms with Crippen LogP contribution in [0, 0.1) is 0 Å². The lowest BCUT2D eigenvalue weighted by Gasteiger charge is -2.24. The van der Waals surface area contributed by atoms with Crippen LogP contribution in [0.15, 0.2) is 0 Å². The Morgan fingerprint density at radius 3 is 0.814 bits per heavy atom. The van der Waals surface area contributed by atoms with Crippen LogP contribution in [0.1, 0.15) is 156 Å². The number of carbonyl (C=O) groups is 4. The Labute approximate surface area is 261 Å². The molecule has 0 bridgehead atoms. The fourth-order valence-corrected chi connectivity index (χ4v) is 4.34. The number of hydrogen-bond donors (Lipinski definition) is 0. The first-order chi connectivity index (χ1) is 20.9. The van der Waals surface area contributed by atoms with Crippen molar-refractivity contribution in [3.63, 3.8) is 0 Å². The van der Waals surface area contributed by atoms with Gasteiger partial charge in [-0.05, 0) is 25.7 Å². The van der Waals surface area contributed by atoms with Crippen molar-refractivity contribution in [1.82, 2.24) is 0 Å². The molecule has 0 atom stereocenters. The van der Waals surface area contributed by atoms with E-state index in [2.05, 4.69) is 27.7 Å². The van der Waals surface area contributed by atoms with Gasteiger partial charge >= 0.3 is 23.9 Å². The van der Waals surface area contributed by atoms with E-state index in [4.69, 9.17) is 23.7 Å². The number of carbonyl (C=O) groups excluding carboxylic acids is 4. The molecule has 0 fully saturated rings. The molecule has 0 aromatic rings. The summed E-state index contributed by atoms with van der Waals surface area (Å²) in [6.07, 6.45) is 15.0. The maximum absolute atomic E-state index is 12.3. The smallest absolute Gasteiger partial charge is 0.305 e. The van der Waals surface area contributed by atoms with Gasteiger partial charge in [0.15, 0.2) is 0 Å². The highest BCUT2D eigenvalue weighted by atomic mass is 16.6. The van der Waals surface area contributed by atoms with Crippen molar-refractivity contribution >= 4 is 23.9 Å². The zero-order valence-electron chi connectivity index (χ0n) is 27.8. The normalized spacial score (nSPS) is 11.1. The molecule has 0 saturated carbocycles. The highest BCUT2D eigenvalue weighted by molar-refractivity contribution is 5.70. The van der Waals surface area contributed by atoms with Crippen LogP contribution < -0.4 is 0 Å². The van der Waals surface area contributed by atoms with E-state index in [1.54, 1.807) is 0 Å². The molecule has 0 rings (SSSR count). The van der Waals surface area contributed by atoms with E-state index in [0.29, 0.717) is 25.7 Å². The molecule has 252 valence electrons. The standard InChI is InChI=1S/C34H62O9/c1-5-9-13-17-21-31(35)39-25-29(26-40-32(36)22-18-14-10-6-2)43-30(27-41-33(37)23-19-15-11-7-3)28-42-34(38)24-20-16-12-8-4/h29-30H,5-28H2,1-4H3. The van der Waals surface area contributed by atoms with Crippen molar-refractivity contribution in [3.8, 4) is 0 Å². The van der Waals surface area contributed by atoms with Crippen LogP contribution in [0.5, 0.6) is 0 Å². The van der Waals surface area contributed by atoms with Crippen LogP contribution in [-0.2, 0) is 42.9 Å².